The Kier molecular flexibility index (Phi) is 5.80. The first-order valence-electron chi connectivity index (χ1n) is 5.18. The van der Waals surface area contributed by atoms with Crippen molar-refractivity contribution in [3.63, 3.8) is 0 Å². The van der Waals surface area contributed by atoms with E-state index >= 15 is 0 Å². The summed E-state index contributed by atoms with van der Waals surface area (Å²) >= 11 is 0. The van der Waals surface area contributed by atoms with Crippen LogP contribution >= 0.6 is 0 Å². The van der Waals surface area contributed by atoms with E-state index in [1.807, 2.05) is 30.3 Å². The molecule has 0 aliphatic heterocycles. The van der Waals surface area contributed by atoms with E-state index in [1.165, 1.54) is 0 Å². The lowest BCUT2D eigenvalue weighted by Crippen LogP contribution is -2.26. The van der Waals surface area contributed by atoms with Gasteiger partial charge in [0.25, 0.3) is 0 Å². The molecule has 0 fully saturated rings. The molecule has 16 heavy (non-hydrogen) atoms. The fourth-order valence-corrected chi connectivity index (χ4v) is 1.15. The Morgan fingerprint density at radius 1 is 1.31 bits per heavy atom. The highest BCUT2D eigenvalue weighted by Gasteiger charge is 1.93. The number of hydrogen-bond acceptors (Lipinski definition) is 4. The van der Waals surface area contributed by atoms with Gasteiger partial charge >= 0.3 is 0 Å². The number of benzene rings is 1. The van der Waals surface area contributed by atoms with Crippen LogP contribution in [0.2, 0.25) is 0 Å². The molecule has 88 valence electrons. The third-order valence-corrected chi connectivity index (χ3v) is 1.98. The zero-order chi connectivity index (χ0) is 11.6. The van der Waals surface area contributed by atoms with Crippen molar-refractivity contribution in [2.24, 2.45) is 10.9 Å². The number of nitrogens with two attached hydrogens (primary N) is 1. The van der Waals surface area contributed by atoms with Crippen LogP contribution in [0.4, 0.5) is 0 Å². The molecule has 0 unspecified atom stereocenters. The van der Waals surface area contributed by atoms with Gasteiger partial charge in [0, 0.05) is 19.5 Å². The summed E-state index contributed by atoms with van der Waals surface area (Å²) in [6.07, 6.45) is 0.530. The first-order chi connectivity index (χ1) is 7.83. The highest BCUT2D eigenvalue weighted by Crippen LogP contribution is 2.07. The molecule has 0 aliphatic rings. The van der Waals surface area contributed by atoms with Crippen LogP contribution in [0, 0.1) is 0 Å². The summed E-state index contributed by atoms with van der Waals surface area (Å²) in [7, 11) is 0. The van der Waals surface area contributed by atoms with E-state index in [-0.39, 0.29) is 5.84 Å². The Morgan fingerprint density at radius 2 is 2.06 bits per heavy atom. The molecule has 0 spiro atoms. The van der Waals surface area contributed by atoms with Gasteiger partial charge in [0.2, 0.25) is 0 Å². The fourth-order valence-electron chi connectivity index (χ4n) is 1.15. The summed E-state index contributed by atoms with van der Waals surface area (Å²) in [4.78, 5) is 0. The number of ether oxygens (including phenoxy) is 1. The van der Waals surface area contributed by atoms with Gasteiger partial charge in [-0.15, -0.1) is 0 Å². The Balaban J connectivity index is 2.01. The number of amidine groups is 1. The maximum Gasteiger partial charge on any atom is 0.140 e. The molecule has 1 aromatic carbocycles. The van der Waals surface area contributed by atoms with Gasteiger partial charge in [-0.2, -0.15) is 0 Å². The molecule has 0 saturated carbocycles. The molecule has 0 aliphatic carbocycles. The molecule has 0 heterocycles. The van der Waals surface area contributed by atoms with Crippen molar-refractivity contribution in [2.45, 2.75) is 6.42 Å². The van der Waals surface area contributed by atoms with Crippen molar-refractivity contribution >= 4 is 5.84 Å². The van der Waals surface area contributed by atoms with E-state index in [0.29, 0.717) is 19.6 Å². The number of oxime groups is 1. The second kappa shape index (κ2) is 7.53. The molecule has 0 atom stereocenters. The first kappa shape index (κ1) is 12.3. The zero-order valence-electron chi connectivity index (χ0n) is 9.10. The summed E-state index contributed by atoms with van der Waals surface area (Å²) in [6.45, 7) is 2.00. The van der Waals surface area contributed by atoms with Crippen LogP contribution in [0.15, 0.2) is 35.5 Å². The molecular weight excluding hydrogens is 206 g/mol. The maximum absolute atomic E-state index is 8.30. The fraction of sp³-hybridized carbons (Fsp3) is 0.364. The third kappa shape index (κ3) is 5.21. The Morgan fingerprint density at radius 3 is 2.75 bits per heavy atom. The van der Waals surface area contributed by atoms with E-state index < -0.39 is 0 Å². The van der Waals surface area contributed by atoms with E-state index in [1.54, 1.807) is 0 Å². The van der Waals surface area contributed by atoms with Gasteiger partial charge in [-0.05, 0) is 12.1 Å². The Hall–Kier alpha value is -1.75. The lowest BCUT2D eigenvalue weighted by atomic mass is 10.3. The predicted molar refractivity (Wildman–Crippen MR) is 62.8 cm³/mol. The summed E-state index contributed by atoms with van der Waals surface area (Å²) in [6, 6.07) is 9.64. The second-order valence-electron chi connectivity index (χ2n) is 3.25. The normalized spacial score (nSPS) is 11.4. The first-order valence-corrected chi connectivity index (χ1v) is 5.18. The monoisotopic (exact) mass is 223 g/mol. The summed E-state index contributed by atoms with van der Waals surface area (Å²) in [5.74, 6) is 1.09. The van der Waals surface area contributed by atoms with Crippen LogP contribution in [0.3, 0.4) is 0 Å². The highest BCUT2D eigenvalue weighted by atomic mass is 16.5. The van der Waals surface area contributed by atoms with Gasteiger partial charge < -0.3 is 21.0 Å². The SMILES string of the molecule is NC(CCNCCOc1ccccc1)=NO. The minimum absolute atomic E-state index is 0.233. The van der Waals surface area contributed by atoms with E-state index in [2.05, 4.69) is 10.5 Å². The molecule has 1 aromatic rings. The van der Waals surface area contributed by atoms with Gasteiger partial charge in [-0.1, -0.05) is 23.4 Å². The van der Waals surface area contributed by atoms with Gasteiger partial charge in [-0.3, -0.25) is 0 Å². The molecule has 0 radical (unpaired) electrons. The van der Waals surface area contributed by atoms with Gasteiger partial charge in [0.1, 0.15) is 18.2 Å². The number of nitrogens with zero attached hydrogens (tertiary/aromatic N) is 1. The van der Waals surface area contributed by atoms with E-state index in [0.717, 1.165) is 12.3 Å². The molecule has 5 nitrogen and oxygen atoms in total. The minimum atomic E-state index is 0.233. The van der Waals surface area contributed by atoms with Crippen LogP contribution in [0.25, 0.3) is 0 Å². The van der Waals surface area contributed by atoms with Gasteiger partial charge in [-0.25, -0.2) is 0 Å². The van der Waals surface area contributed by atoms with Crippen molar-refractivity contribution in [3.8, 4) is 5.75 Å². The number of para-hydroxylation sites is 1. The average molecular weight is 223 g/mol. The lowest BCUT2D eigenvalue weighted by molar-refractivity contribution is 0.312. The smallest absolute Gasteiger partial charge is 0.140 e. The molecule has 0 bridgehead atoms. The standard InChI is InChI=1S/C11H17N3O2/c12-11(14-15)6-7-13-8-9-16-10-4-2-1-3-5-10/h1-5,13,15H,6-9H2,(H2,12,14). The van der Waals surface area contributed by atoms with Crippen molar-refractivity contribution in [1.82, 2.24) is 5.32 Å². The Bertz CT molecular complexity index is 314. The van der Waals surface area contributed by atoms with Crippen molar-refractivity contribution in [1.29, 1.82) is 0 Å². The number of nitrogens with one attached hydrogen (secondary N) is 1. The van der Waals surface area contributed by atoms with Crippen molar-refractivity contribution in [3.05, 3.63) is 30.3 Å². The quantitative estimate of drug-likeness (QED) is 0.210. The van der Waals surface area contributed by atoms with Gasteiger partial charge in [0.15, 0.2) is 0 Å². The Labute approximate surface area is 94.9 Å². The molecule has 5 heteroatoms. The van der Waals surface area contributed by atoms with Crippen LogP contribution < -0.4 is 15.8 Å². The molecule has 0 amide bonds. The molecule has 0 saturated heterocycles. The number of rotatable bonds is 7. The minimum Gasteiger partial charge on any atom is -0.492 e. The highest BCUT2D eigenvalue weighted by molar-refractivity contribution is 5.79. The molecule has 4 N–H and O–H groups in total. The average Bonchev–Trinajstić information content (AvgIpc) is 2.34. The van der Waals surface area contributed by atoms with Crippen LogP contribution in [0.1, 0.15) is 6.42 Å². The summed E-state index contributed by atoms with van der Waals surface area (Å²) in [5.41, 5.74) is 5.31. The van der Waals surface area contributed by atoms with Crippen molar-refractivity contribution < 1.29 is 9.94 Å². The lowest BCUT2D eigenvalue weighted by Gasteiger charge is -2.06. The van der Waals surface area contributed by atoms with Gasteiger partial charge in [0.05, 0.1) is 0 Å². The van der Waals surface area contributed by atoms with Crippen molar-refractivity contribution in [2.75, 3.05) is 19.7 Å². The predicted octanol–water partition coefficient (Wildman–Crippen LogP) is 0.791. The summed E-state index contributed by atoms with van der Waals surface area (Å²) in [5, 5.41) is 14.3. The number of hydrogen-bond donors (Lipinski definition) is 3. The van der Waals surface area contributed by atoms with E-state index in [4.69, 9.17) is 15.7 Å². The second-order valence-corrected chi connectivity index (χ2v) is 3.25. The molecule has 0 aromatic heterocycles. The molecule has 1 rings (SSSR count). The molecular formula is C11H17N3O2. The van der Waals surface area contributed by atoms with Crippen LogP contribution in [0.5, 0.6) is 5.75 Å². The summed E-state index contributed by atoms with van der Waals surface area (Å²) < 4.78 is 5.47. The van der Waals surface area contributed by atoms with E-state index in [9.17, 15) is 0 Å². The topological polar surface area (TPSA) is 79.9 Å². The van der Waals surface area contributed by atoms with Crippen LogP contribution in [-0.4, -0.2) is 30.7 Å². The largest absolute Gasteiger partial charge is 0.492 e. The van der Waals surface area contributed by atoms with Crippen LogP contribution in [-0.2, 0) is 0 Å². The maximum atomic E-state index is 8.30. The third-order valence-electron chi connectivity index (χ3n) is 1.98. The zero-order valence-corrected chi connectivity index (χ0v) is 9.10.